The summed E-state index contributed by atoms with van der Waals surface area (Å²) in [5.74, 6) is 0.880. The van der Waals surface area contributed by atoms with Gasteiger partial charge >= 0.3 is 0 Å². The van der Waals surface area contributed by atoms with Gasteiger partial charge < -0.3 is 10.2 Å². The molecule has 1 atom stereocenters. The van der Waals surface area contributed by atoms with Gasteiger partial charge in [-0.2, -0.15) is 0 Å². The summed E-state index contributed by atoms with van der Waals surface area (Å²) in [6.45, 7) is 11.5. The molecule has 0 aliphatic heterocycles. The molecular weight excluding hydrogens is 332 g/mol. The number of benzene rings is 2. The van der Waals surface area contributed by atoms with Crippen LogP contribution in [0.3, 0.4) is 0 Å². The Morgan fingerprint density at radius 1 is 0.778 bits per heavy atom. The number of phenols is 2. The summed E-state index contributed by atoms with van der Waals surface area (Å²) in [5.41, 5.74) is 2.48. The van der Waals surface area contributed by atoms with E-state index in [0.717, 1.165) is 12.8 Å². The summed E-state index contributed by atoms with van der Waals surface area (Å²) in [4.78, 5) is 0. The molecule has 0 amide bonds. The van der Waals surface area contributed by atoms with Crippen LogP contribution in [0.15, 0.2) is 60.7 Å². The number of hydrogen-bond donors (Lipinski definition) is 2. The number of rotatable bonds is 3. The molecule has 2 heteroatoms. The van der Waals surface area contributed by atoms with Crippen molar-refractivity contribution in [2.75, 3.05) is 0 Å². The maximum absolute atomic E-state index is 9.87. The smallest absolute Gasteiger partial charge is 0.115 e. The van der Waals surface area contributed by atoms with Crippen LogP contribution >= 0.6 is 0 Å². The molecule has 1 aliphatic carbocycles. The van der Waals surface area contributed by atoms with E-state index in [1.807, 2.05) is 0 Å². The van der Waals surface area contributed by atoms with Crippen LogP contribution in [0.2, 0.25) is 0 Å². The van der Waals surface area contributed by atoms with Gasteiger partial charge in [-0.1, -0.05) is 64.1 Å². The molecule has 2 aromatic carbocycles. The number of phenolic OH excluding ortho intramolecular Hbond substituents is 2. The second-order valence-electron chi connectivity index (χ2n) is 9.57. The van der Waals surface area contributed by atoms with Gasteiger partial charge in [-0.15, -0.1) is 0 Å². The molecule has 0 aromatic heterocycles. The van der Waals surface area contributed by atoms with Crippen molar-refractivity contribution >= 4 is 0 Å². The van der Waals surface area contributed by atoms with Gasteiger partial charge in [0, 0.05) is 5.41 Å². The third-order valence-corrected chi connectivity index (χ3v) is 6.21. The summed E-state index contributed by atoms with van der Waals surface area (Å²) in [7, 11) is 0. The summed E-state index contributed by atoms with van der Waals surface area (Å²) >= 11 is 0. The lowest BCUT2D eigenvalue weighted by atomic mass is 9.46. The highest BCUT2D eigenvalue weighted by Crippen LogP contribution is 2.61. The van der Waals surface area contributed by atoms with Crippen molar-refractivity contribution in [1.82, 2.24) is 0 Å². The van der Waals surface area contributed by atoms with E-state index in [2.05, 4.69) is 71.0 Å². The van der Waals surface area contributed by atoms with E-state index in [1.54, 1.807) is 24.3 Å². The molecule has 1 fully saturated rings. The standard InChI is InChI=1S/C25H32O2/c1-6-7-22-24(4,5)16-23(2,3)17-25(22,18-8-12-20(26)13-9-18)19-10-14-21(27)15-11-19/h6-15,22,26-27H,16-17H2,1-5H3. The molecule has 1 aliphatic rings. The van der Waals surface area contributed by atoms with Crippen LogP contribution in [0.1, 0.15) is 58.6 Å². The first-order valence-electron chi connectivity index (χ1n) is 9.83. The van der Waals surface area contributed by atoms with Crippen molar-refractivity contribution in [3.8, 4) is 11.5 Å². The second kappa shape index (κ2) is 6.74. The molecule has 0 bridgehead atoms. The second-order valence-corrected chi connectivity index (χ2v) is 9.57. The van der Waals surface area contributed by atoms with Gasteiger partial charge in [0.25, 0.3) is 0 Å². The van der Waals surface area contributed by atoms with Crippen LogP contribution in [-0.2, 0) is 5.41 Å². The van der Waals surface area contributed by atoms with E-state index in [4.69, 9.17) is 0 Å². The zero-order valence-corrected chi connectivity index (χ0v) is 17.2. The van der Waals surface area contributed by atoms with Crippen LogP contribution in [0, 0.1) is 16.7 Å². The molecule has 27 heavy (non-hydrogen) atoms. The predicted molar refractivity (Wildman–Crippen MR) is 112 cm³/mol. The number of aromatic hydroxyl groups is 2. The number of hydrogen-bond acceptors (Lipinski definition) is 2. The summed E-state index contributed by atoms with van der Waals surface area (Å²) in [6, 6.07) is 15.4. The highest BCUT2D eigenvalue weighted by molar-refractivity contribution is 5.46. The monoisotopic (exact) mass is 364 g/mol. The van der Waals surface area contributed by atoms with Crippen LogP contribution < -0.4 is 0 Å². The minimum atomic E-state index is -0.223. The Morgan fingerprint density at radius 2 is 1.22 bits per heavy atom. The predicted octanol–water partition coefficient (Wildman–Crippen LogP) is 6.42. The Morgan fingerprint density at radius 3 is 1.63 bits per heavy atom. The first-order valence-corrected chi connectivity index (χ1v) is 9.83. The average molecular weight is 365 g/mol. The Labute approximate surface area is 163 Å². The van der Waals surface area contributed by atoms with Crippen molar-refractivity contribution in [2.24, 2.45) is 16.7 Å². The topological polar surface area (TPSA) is 40.5 Å². The van der Waals surface area contributed by atoms with E-state index in [1.165, 1.54) is 11.1 Å². The SMILES string of the molecule is CC=CC1C(C)(C)CC(C)(C)CC1(c1ccc(O)cc1)c1ccc(O)cc1. The molecule has 2 N–H and O–H groups in total. The Hall–Kier alpha value is -2.22. The molecule has 2 aromatic rings. The fourth-order valence-electron chi connectivity index (χ4n) is 5.80. The summed E-state index contributed by atoms with van der Waals surface area (Å²) < 4.78 is 0. The molecule has 1 saturated carbocycles. The van der Waals surface area contributed by atoms with Gasteiger partial charge in [0.1, 0.15) is 11.5 Å². The van der Waals surface area contributed by atoms with E-state index >= 15 is 0 Å². The van der Waals surface area contributed by atoms with Crippen molar-refractivity contribution < 1.29 is 10.2 Å². The molecular formula is C25H32O2. The third-order valence-electron chi connectivity index (χ3n) is 6.21. The molecule has 3 rings (SSSR count). The van der Waals surface area contributed by atoms with Gasteiger partial charge in [-0.3, -0.25) is 0 Å². The van der Waals surface area contributed by atoms with Crippen molar-refractivity contribution in [3.63, 3.8) is 0 Å². The third kappa shape index (κ3) is 3.50. The first kappa shape index (κ1) is 19.5. The molecule has 0 radical (unpaired) electrons. The van der Waals surface area contributed by atoms with Crippen LogP contribution in [-0.4, -0.2) is 10.2 Å². The maximum atomic E-state index is 9.87. The molecule has 0 heterocycles. The fourth-order valence-corrected chi connectivity index (χ4v) is 5.80. The fraction of sp³-hybridized carbons (Fsp3) is 0.440. The zero-order chi connectivity index (χ0) is 19.9. The van der Waals surface area contributed by atoms with E-state index in [0.29, 0.717) is 5.92 Å². The lowest BCUT2D eigenvalue weighted by Crippen LogP contribution is -2.52. The molecule has 0 spiro atoms. The largest absolute Gasteiger partial charge is 0.508 e. The Kier molecular flexibility index (Phi) is 4.88. The van der Waals surface area contributed by atoms with Crippen LogP contribution in [0.25, 0.3) is 0 Å². The lowest BCUT2D eigenvalue weighted by molar-refractivity contribution is 0.0170. The first-order chi connectivity index (χ1) is 12.6. The van der Waals surface area contributed by atoms with Gasteiger partial charge in [0.05, 0.1) is 0 Å². The van der Waals surface area contributed by atoms with Crippen molar-refractivity contribution in [3.05, 3.63) is 71.8 Å². The van der Waals surface area contributed by atoms with Crippen LogP contribution in [0.4, 0.5) is 0 Å². The van der Waals surface area contributed by atoms with Crippen molar-refractivity contribution in [1.29, 1.82) is 0 Å². The summed E-state index contributed by atoms with van der Waals surface area (Å²) in [6.07, 6.45) is 6.68. The lowest BCUT2D eigenvalue weighted by Gasteiger charge is -2.58. The molecule has 2 nitrogen and oxygen atoms in total. The van der Waals surface area contributed by atoms with Crippen molar-refractivity contribution in [2.45, 2.75) is 52.9 Å². The van der Waals surface area contributed by atoms with E-state index < -0.39 is 0 Å². The van der Waals surface area contributed by atoms with Gasteiger partial charge in [0.2, 0.25) is 0 Å². The normalized spacial score (nSPS) is 23.4. The molecule has 1 unspecified atom stereocenters. The van der Waals surface area contributed by atoms with Gasteiger partial charge in [-0.25, -0.2) is 0 Å². The average Bonchev–Trinajstić information content (AvgIpc) is 2.57. The summed E-state index contributed by atoms with van der Waals surface area (Å²) in [5, 5.41) is 19.7. The van der Waals surface area contributed by atoms with Gasteiger partial charge in [0.15, 0.2) is 0 Å². The van der Waals surface area contributed by atoms with E-state index in [9.17, 15) is 10.2 Å². The Balaban J connectivity index is 2.34. The van der Waals surface area contributed by atoms with Crippen LogP contribution in [0.5, 0.6) is 11.5 Å². The maximum Gasteiger partial charge on any atom is 0.115 e. The quantitative estimate of drug-likeness (QED) is 0.617. The minimum absolute atomic E-state index is 0.101. The minimum Gasteiger partial charge on any atom is -0.508 e. The highest BCUT2D eigenvalue weighted by atomic mass is 16.3. The van der Waals surface area contributed by atoms with E-state index in [-0.39, 0.29) is 27.7 Å². The zero-order valence-electron chi connectivity index (χ0n) is 17.2. The Bertz CT molecular complexity index is 765. The van der Waals surface area contributed by atoms with Gasteiger partial charge in [-0.05, 0) is 71.9 Å². The highest BCUT2D eigenvalue weighted by Gasteiger charge is 2.55. The molecule has 0 saturated heterocycles. The number of allylic oxidation sites excluding steroid dienone is 2. The molecule has 144 valence electrons.